The van der Waals surface area contributed by atoms with E-state index >= 15 is 0 Å². The van der Waals surface area contributed by atoms with Crippen molar-refractivity contribution >= 4 is 35.0 Å². The van der Waals surface area contributed by atoms with Gasteiger partial charge < -0.3 is 15.1 Å². The number of aromatic nitrogens is 1. The summed E-state index contributed by atoms with van der Waals surface area (Å²) in [4.78, 5) is 29.2. The molecule has 0 radical (unpaired) electrons. The highest BCUT2D eigenvalue weighted by Crippen LogP contribution is 2.35. The number of nitrogens with zero attached hydrogens (tertiary/aromatic N) is 1. The Bertz CT molecular complexity index is 981. The lowest BCUT2D eigenvalue weighted by Crippen LogP contribution is -2.14. The van der Waals surface area contributed by atoms with Crippen molar-refractivity contribution in [1.29, 1.82) is 0 Å². The molecule has 2 amide bonds. The summed E-state index contributed by atoms with van der Waals surface area (Å²) in [6, 6.07) is 13.8. The average molecular weight is 407 g/mol. The molecule has 7 heteroatoms. The third-order valence-electron chi connectivity index (χ3n) is 4.74. The van der Waals surface area contributed by atoms with Crippen molar-refractivity contribution in [2.75, 3.05) is 10.6 Å². The van der Waals surface area contributed by atoms with E-state index in [1.54, 1.807) is 66.5 Å². The van der Waals surface area contributed by atoms with E-state index in [1.807, 2.05) is 0 Å². The Hall–Kier alpha value is -3.06. The van der Waals surface area contributed by atoms with E-state index in [0.717, 1.165) is 5.03 Å². The molecule has 0 atom stereocenters. The maximum atomic E-state index is 12.8. The molecule has 1 fully saturated rings. The molecule has 1 aliphatic rings. The topological polar surface area (TPSA) is 84.2 Å². The van der Waals surface area contributed by atoms with Gasteiger partial charge in [0.25, 0.3) is 11.8 Å². The van der Waals surface area contributed by atoms with Gasteiger partial charge in [0.05, 0.1) is 11.8 Å². The molecule has 2 N–H and O–H groups in total. The Balaban J connectivity index is 1.40. The molecule has 0 aliphatic heterocycles. The summed E-state index contributed by atoms with van der Waals surface area (Å²) < 4.78 is 5.07. The number of pyridine rings is 1. The minimum atomic E-state index is -0.323. The van der Waals surface area contributed by atoms with Gasteiger partial charge in [0, 0.05) is 22.8 Å². The number of benzene rings is 1. The first-order valence-electron chi connectivity index (χ1n) is 9.57. The van der Waals surface area contributed by atoms with E-state index in [2.05, 4.69) is 15.6 Å². The first kappa shape index (κ1) is 19.3. The normalized spacial score (nSPS) is 13.9. The summed E-state index contributed by atoms with van der Waals surface area (Å²) in [7, 11) is 0. The van der Waals surface area contributed by atoms with Crippen LogP contribution in [0.2, 0.25) is 0 Å². The summed E-state index contributed by atoms with van der Waals surface area (Å²) in [6.45, 7) is 0. The van der Waals surface area contributed by atoms with E-state index in [-0.39, 0.29) is 17.6 Å². The summed E-state index contributed by atoms with van der Waals surface area (Å²) in [6.07, 6.45) is 8.01. The average Bonchev–Trinajstić information content (AvgIpc) is 3.44. The highest BCUT2D eigenvalue weighted by Gasteiger charge is 2.20. The predicted octanol–water partition coefficient (Wildman–Crippen LogP) is 5.21. The van der Waals surface area contributed by atoms with Gasteiger partial charge in [-0.3, -0.25) is 9.59 Å². The van der Waals surface area contributed by atoms with Crippen LogP contribution < -0.4 is 10.6 Å². The van der Waals surface area contributed by atoms with Crippen LogP contribution in [0, 0.1) is 0 Å². The van der Waals surface area contributed by atoms with Crippen LogP contribution in [-0.2, 0) is 0 Å². The van der Waals surface area contributed by atoms with Crippen LogP contribution in [0.3, 0.4) is 0 Å². The van der Waals surface area contributed by atoms with Gasteiger partial charge in [-0.2, -0.15) is 0 Å². The molecule has 2 heterocycles. The molecule has 1 saturated carbocycles. The SMILES string of the molecule is O=C(Nc1ccc(NC(=O)c2cccnc2SC2CCCC2)cc1)c1ccco1. The van der Waals surface area contributed by atoms with Crippen molar-refractivity contribution in [3.05, 3.63) is 72.3 Å². The lowest BCUT2D eigenvalue weighted by Gasteiger charge is -2.12. The van der Waals surface area contributed by atoms with Crippen LogP contribution >= 0.6 is 11.8 Å². The number of hydrogen-bond acceptors (Lipinski definition) is 5. The lowest BCUT2D eigenvalue weighted by atomic mass is 10.2. The second-order valence-corrected chi connectivity index (χ2v) is 8.13. The molecule has 4 rings (SSSR count). The van der Waals surface area contributed by atoms with Gasteiger partial charge >= 0.3 is 0 Å². The van der Waals surface area contributed by atoms with E-state index in [4.69, 9.17) is 4.42 Å². The van der Waals surface area contributed by atoms with E-state index in [0.29, 0.717) is 22.2 Å². The Morgan fingerprint density at radius 1 is 0.931 bits per heavy atom. The minimum Gasteiger partial charge on any atom is -0.459 e. The summed E-state index contributed by atoms with van der Waals surface area (Å²) in [5, 5.41) is 6.97. The first-order valence-corrected chi connectivity index (χ1v) is 10.4. The van der Waals surface area contributed by atoms with Gasteiger partial charge in [-0.1, -0.05) is 12.8 Å². The van der Waals surface area contributed by atoms with Crippen LogP contribution in [0.5, 0.6) is 0 Å². The molecular weight excluding hydrogens is 386 g/mol. The number of carbonyl (C=O) groups is 2. The summed E-state index contributed by atoms with van der Waals surface area (Å²) in [5.74, 6) is -0.270. The van der Waals surface area contributed by atoms with Crippen LogP contribution in [0.4, 0.5) is 11.4 Å². The molecule has 0 spiro atoms. The number of amides is 2. The Morgan fingerprint density at radius 3 is 2.28 bits per heavy atom. The highest BCUT2D eigenvalue weighted by molar-refractivity contribution is 7.99. The Kier molecular flexibility index (Phi) is 5.95. The van der Waals surface area contributed by atoms with Crippen molar-refractivity contribution in [3.8, 4) is 0 Å². The smallest absolute Gasteiger partial charge is 0.291 e. The molecular formula is C22H21N3O3S. The number of furan rings is 1. The predicted molar refractivity (Wildman–Crippen MR) is 113 cm³/mol. The zero-order valence-electron chi connectivity index (χ0n) is 15.8. The molecule has 3 aromatic rings. The molecule has 2 aromatic heterocycles. The molecule has 0 saturated heterocycles. The molecule has 6 nitrogen and oxygen atoms in total. The number of anilines is 2. The fourth-order valence-electron chi connectivity index (χ4n) is 3.26. The Morgan fingerprint density at radius 2 is 1.62 bits per heavy atom. The number of rotatable bonds is 6. The highest BCUT2D eigenvalue weighted by atomic mass is 32.2. The maximum Gasteiger partial charge on any atom is 0.291 e. The standard InChI is InChI=1S/C22H21N3O3S/c26-20(18-7-3-13-23-22(18)29-17-5-1-2-6-17)24-15-9-11-16(12-10-15)25-21(27)19-8-4-14-28-19/h3-4,7-14,17H,1-2,5-6H2,(H,24,26)(H,25,27). The van der Waals surface area contributed by atoms with Crippen molar-refractivity contribution < 1.29 is 14.0 Å². The minimum absolute atomic E-state index is 0.189. The molecule has 148 valence electrons. The monoisotopic (exact) mass is 407 g/mol. The van der Waals surface area contributed by atoms with Crippen LogP contribution in [-0.4, -0.2) is 22.0 Å². The van der Waals surface area contributed by atoms with Crippen LogP contribution in [0.1, 0.15) is 46.6 Å². The summed E-state index contributed by atoms with van der Waals surface area (Å²) >= 11 is 1.70. The van der Waals surface area contributed by atoms with Crippen LogP contribution in [0.15, 0.2) is 70.4 Å². The van der Waals surface area contributed by atoms with Crippen molar-refractivity contribution in [2.45, 2.75) is 36.0 Å². The van der Waals surface area contributed by atoms with Gasteiger partial charge in [0.1, 0.15) is 5.03 Å². The van der Waals surface area contributed by atoms with Gasteiger partial charge in [-0.15, -0.1) is 11.8 Å². The molecule has 1 aliphatic carbocycles. The van der Waals surface area contributed by atoms with E-state index in [9.17, 15) is 9.59 Å². The van der Waals surface area contributed by atoms with Crippen LogP contribution in [0.25, 0.3) is 0 Å². The van der Waals surface area contributed by atoms with Crippen molar-refractivity contribution in [3.63, 3.8) is 0 Å². The maximum absolute atomic E-state index is 12.8. The molecule has 29 heavy (non-hydrogen) atoms. The van der Waals surface area contributed by atoms with E-state index in [1.165, 1.54) is 31.9 Å². The lowest BCUT2D eigenvalue weighted by molar-refractivity contribution is 0.0994. The third kappa shape index (κ3) is 4.86. The quantitative estimate of drug-likeness (QED) is 0.586. The van der Waals surface area contributed by atoms with E-state index < -0.39 is 0 Å². The molecule has 1 aromatic carbocycles. The Labute approximate surface area is 173 Å². The van der Waals surface area contributed by atoms with Gasteiger partial charge in [0.15, 0.2) is 5.76 Å². The second-order valence-electron chi connectivity index (χ2n) is 6.84. The first-order chi connectivity index (χ1) is 14.2. The van der Waals surface area contributed by atoms with Gasteiger partial charge in [0.2, 0.25) is 0 Å². The van der Waals surface area contributed by atoms with Crippen molar-refractivity contribution in [2.24, 2.45) is 0 Å². The largest absolute Gasteiger partial charge is 0.459 e. The number of carbonyl (C=O) groups excluding carboxylic acids is 2. The third-order valence-corrected chi connectivity index (χ3v) is 6.10. The fraction of sp³-hybridized carbons (Fsp3) is 0.227. The molecule has 0 bridgehead atoms. The second kappa shape index (κ2) is 8.96. The number of nitrogens with one attached hydrogen (secondary N) is 2. The van der Waals surface area contributed by atoms with Gasteiger partial charge in [-0.05, 0) is 61.4 Å². The zero-order chi connectivity index (χ0) is 20.1. The zero-order valence-corrected chi connectivity index (χ0v) is 16.6. The van der Waals surface area contributed by atoms with Gasteiger partial charge in [-0.25, -0.2) is 4.98 Å². The number of thioether (sulfide) groups is 1. The number of hydrogen-bond donors (Lipinski definition) is 2. The summed E-state index contributed by atoms with van der Waals surface area (Å²) in [5.41, 5.74) is 1.84. The van der Waals surface area contributed by atoms with Crippen molar-refractivity contribution in [1.82, 2.24) is 4.98 Å². The molecule has 0 unspecified atom stereocenters. The fourth-order valence-corrected chi connectivity index (χ4v) is 4.55.